The first-order valence-corrected chi connectivity index (χ1v) is 9.65. The van der Waals surface area contributed by atoms with Gasteiger partial charge in [0.15, 0.2) is 0 Å². The molecular formula is C15H25NO7S. The van der Waals surface area contributed by atoms with E-state index in [1.165, 1.54) is 13.0 Å². The van der Waals surface area contributed by atoms with Gasteiger partial charge in [-0.2, -0.15) is 8.42 Å². The summed E-state index contributed by atoms with van der Waals surface area (Å²) in [7, 11) is -3.87. The number of hydrogen-bond donors (Lipinski definition) is 2. The predicted molar refractivity (Wildman–Crippen MR) is 86.6 cm³/mol. The van der Waals surface area contributed by atoms with Gasteiger partial charge >= 0.3 is 16.1 Å². The first-order chi connectivity index (χ1) is 11.1. The first-order valence-electron chi connectivity index (χ1n) is 7.83. The van der Waals surface area contributed by atoms with Gasteiger partial charge in [-0.25, -0.2) is 0 Å². The van der Waals surface area contributed by atoms with Crippen LogP contribution in [0.25, 0.3) is 0 Å². The summed E-state index contributed by atoms with van der Waals surface area (Å²) in [6.45, 7) is 5.15. The molecule has 0 heterocycles. The highest BCUT2D eigenvalue weighted by Gasteiger charge is 2.39. The van der Waals surface area contributed by atoms with Gasteiger partial charge in [0.2, 0.25) is 5.91 Å². The van der Waals surface area contributed by atoms with E-state index in [-0.39, 0.29) is 18.3 Å². The van der Waals surface area contributed by atoms with E-state index < -0.39 is 40.1 Å². The Morgan fingerprint density at radius 1 is 1.38 bits per heavy atom. The Balaban J connectivity index is 3.21. The van der Waals surface area contributed by atoms with Crippen molar-refractivity contribution < 1.29 is 32.0 Å². The molecule has 8 nitrogen and oxygen atoms in total. The van der Waals surface area contributed by atoms with Crippen molar-refractivity contribution in [3.63, 3.8) is 0 Å². The van der Waals surface area contributed by atoms with Crippen LogP contribution in [-0.4, -0.2) is 49.9 Å². The third-order valence-corrected chi connectivity index (χ3v) is 4.23. The molecule has 0 aromatic carbocycles. The number of amides is 1. The molecule has 9 heteroatoms. The maximum atomic E-state index is 11.5. The molecule has 0 spiro atoms. The van der Waals surface area contributed by atoms with E-state index in [9.17, 15) is 23.1 Å². The number of ether oxygens (including phenoxy) is 1. The third-order valence-electron chi connectivity index (χ3n) is 3.73. The minimum absolute atomic E-state index is 0.118. The summed E-state index contributed by atoms with van der Waals surface area (Å²) >= 11 is 0. The van der Waals surface area contributed by atoms with Gasteiger partial charge in [0.25, 0.3) is 0 Å². The minimum Gasteiger partial charge on any atom is -0.481 e. The largest absolute Gasteiger partial charge is 0.481 e. The van der Waals surface area contributed by atoms with Crippen molar-refractivity contribution in [2.45, 2.75) is 58.3 Å². The summed E-state index contributed by atoms with van der Waals surface area (Å²) in [6, 6.07) is -0.853. The molecule has 0 aromatic heterocycles. The fourth-order valence-electron chi connectivity index (χ4n) is 2.61. The molecule has 0 aliphatic heterocycles. The fraction of sp³-hybridized carbons (Fsp3) is 0.733. The molecule has 1 aliphatic rings. The highest BCUT2D eigenvalue weighted by atomic mass is 32.2. The van der Waals surface area contributed by atoms with Gasteiger partial charge in [-0.15, -0.1) is 0 Å². The Hall–Kier alpha value is -1.61. The van der Waals surface area contributed by atoms with E-state index in [0.717, 1.165) is 6.26 Å². The quantitative estimate of drug-likeness (QED) is 0.618. The monoisotopic (exact) mass is 363 g/mol. The van der Waals surface area contributed by atoms with Crippen LogP contribution >= 0.6 is 0 Å². The van der Waals surface area contributed by atoms with Crippen LogP contribution in [0.1, 0.15) is 40.0 Å². The summed E-state index contributed by atoms with van der Waals surface area (Å²) in [6.07, 6.45) is 2.80. The number of carbonyl (C=O) groups is 2. The molecule has 1 aliphatic carbocycles. The van der Waals surface area contributed by atoms with Gasteiger partial charge in [0, 0.05) is 6.92 Å². The molecular weight excluding hydrogens is 338 g/mol. The highest BCUT2D eigenvalue weighted by Crippen LogP contribution is 2.30. The van der Waals surface area contributed by atoms with Crippen LogP contribution in [0.4, 0.5) is 0 Å². The Bertz CT molecular complexity index is 595. The molecule has 0 fully saturated rings. The summed E-state index contributed by atoms with van der Waals surface area (Å²) in [5.74, 6) is -2.58. The number of carboxylic acid groups (broad SMARTS) is 1. The second kappa shape index (κ2) is 8.48. The smallest absolute Gasteiger partial charge is 0.310 e. The van der Waals surface area contributed by atoms with Gasteiger partial charge in [0.1, 0.15) is 11.8 Å². The van der Waals surface area contributed by atoms with Gasteiger partial charge < -0.3 is 19.3 Å². The number of carbonyl (C=O) groups excluding carboxylic acids is 1. The molecule has 1 rings (SSSR count). The van der Waals surface area contributed by atoms with E-state index in [1.54, 1.807) is 0 Å². The van der Waals surface area contributed by atoms with Gasteiger partial charge in [-0.3, -0.25) is 9.59 Å². The normalized spacial score (nSPS) is 24.4. The van der Waals surface area contributed by atoms with Crippen LogP contribution in [0, 0.1) is 5.92 Å². The van der Waals surface area contributed by atoms with E-state index in [1.807, 2.05) is 13.8 Å². The molecule has 0 bridgehead atoms. The topological polar surface area (TPSA) is 119 Å². The summed E-state index contributed by atoms with van der Waals surface area (Å²) in [5.41, 5.74) is 0. The van der Waals surface area contributed by atoms with Gasteiger partial charge in [-0.05, 0) is 25.3 Å². The molecule has 3 atom stereocenters. The second-order valence-corrected chi connectivity index (χ2v) is 7.40. The van der Waals surface area contributed by atoms with Crippen LogP contribution in [0.2, 0.25) is 0 Å². The van der Waals surface area contributed by atoms with Crippen LogP contribution < -0.4 is 5.32 Å². The second-order valence-electron chi connectivity index (χ2n) is 5.83. The maximum absolute atomic E-state index is 11.5. The van der Waals surface area contributed by atoms with Crippen molar-refractivity contribution in [3.8, 4) is 0 Å². The lowest BCUT2D eigenvalue weighted by Crippen LogP contribution is -2.50. The third kappa shape index (κ3) is 6.12. The fourth-order valence-corrected chi connectivity index (χ4v) is 3.12. The molecule has 24 heavy (non-hydrogen) atoms. The van der Waals surface area contributed by atoms with Gasteiger partial charge in [0.05, 0.1) is 24.4 Å². The number of carboxylic acids is 1. The summed E-state index contributed by atoms with van der Waals surface area (Å²) in [5, 5.41) is 11.9. The highest BCUT2D eigenvalue weighted by molar-refractivity contribution is 7.86. The summed E-state index contributed by atoms with van der Waals surface area (Å²) < 4.78 is 33.8. The van der Waals surface area contributed by atoms with Crippen molar-refractivity contribution in [2.24, 2.45) is 5.92 Å². The molecule has 2 N–H and O–H groups in total. The lowest BCUT2D eigenvalue weighted by atomic mass is 9.88. The van der Waals surface area contributed by atoms with Crippen molar-refractivity contribution in [1.82, 2.24) is 5.32 Å². The van der Waals surface area contributed by atoms with Crippen LogP contribution in [0.15, 0.2) is 11.8 Å². The van der Waals surface area contributed by atoms with Crippen LogP contribution in [0.5, 0.6) is 0 Å². The number of rotatable bonds is 8. The van der Waals surface area contributed by atoms with E-state index in [2.05, 4.69) is 5.32 Å². The van der Waals surface area contributed by atoms with Crippen molar-refractivity contribution in [1.29, 1.82) is 0 Å². The molecule has 0 saturated carbocycles. The average molecular weight is 363 g/mol. The lowest BCUT2D eigenvalue weighted by Gasteiger charge is -2.36. The first kappa shape index (κ1) is 20.4. The zero-order valence-corrected chi connectivity index (χ0v) is 15.1. The molecule has 0 radical (unpaired) electrons. The zero-order chi connectivity index (χ0) is 18.5. The zero-order valence-electron chi connectivity index (χ0n) is 14.3. The standard InChI is InChI=1S/C15H25NO7S/c1-5-11(6-2)22-12-7-10(15(18)19)8-13(23-24(4,20)21)14(12)16-9(3)17/h8,10-12,14H,5-7H2,1-4H3,(H,16,17)(H,18,19). The van der Waals surface area contributed by atoms with Crippen molar-refractivity contribution in [3.05, 3.63) is 11.8 Å². The van der Waals surface area contributed by atoms with Gasteiger partial charge in [-0.1, -0.05) is 13.8 Å². The summed E-state index contributed by atoms with van der Waals surface area (Å²) in [4.78, 5) is 22.9. The Kier molecular flexibility index (Phi) is 7.22. The number of hydrogen-bond acceptors (Lipinski definition) is 6. The van der Waals surface area contributed by atoms with Crippen LogP contribution in [-0.2, 0) is 28.6 Å². The Labute approximate surface area is 142 Å². The molecule has 0 saturated heterocycles. The molecule has 138 valence electrons. The van der Waals surface area contributed by atoms with E-state index in [4.69, 9.17) is 8.92 Å². The predicted octanol–water partition coefficient (Wildman–Crippen LogP) is 1.03. The average Bonchev–Trinajstić information content (AvgIpc) is 2.45. The van der Waals surface area contributed by atoms with Crippen LogP contribution in [0.3, 0.4) is 0 Å². The molecule has 0 aromatic rings. The van der Waals surface area contributed by atoms with E-state index >= 15 is 0 Å². The Morgan fingerprint density at radius 2 is 1.96 bits per heavy atom. The maximum Gasteiger partial charge on any atom is 0.310 e. The number of aliphatic carboxylic acids is 1. The van der Waals surface area contributed by atoms with Crippen molar-refractivity contribution >= 4 is 22.0 Å². The SMILES string of the molecule is CCC(CC)OC1CC(C(=O)O)C=C(OS(C)(=O)=O)C1NC(C)=O. The lowest BCUT2D eigenvalue weighted by molar-refractivity contribution is -0.143. The molecule has 1 amide bonds. The minimum atomic E-state index is -3.87. The Morgan fingerprint density at radius 3 is 2.38 bits per heavy atom. The van der Waals surface area contributed by atoms with Crippen molar-refractivity contribution in [2.75, 3.05) is 6.26 Å². The molecule has 3 unspecified atom stereocenters. The van der Waals surface area contributed by atoms with E-state index in [0.29, 0.717) is 12.8 Å². The number of nitrogens with one attached hydrogen (secondary N) is 1.